The van der Waals surface area contributed by atoms with E-state index in [1.54, 1.807) is 0 Å². The monoisotopic (exact) mass is 183 g/mol. The van der Waals surface area contributed by atoms with Gasteiger partial charge in [0.25, 0.3) is 0 Å². The third-order valence-electron chi connectivity index (χ3n) is 3.68. The summed E-state index contributed by atoms with van der Waals surface area (Å²) in [4.78, 5) is 0. The summed E-state index contributed by atoms with van der Waals surface area (Å²) in [6.07, 6.45) is 6.12. The lowest BCUT2D eigenvalue weighted by Crippen LogP contribution is -2.40. The van der Waals surface area contributed by atoms with Gasteiger partial charge in [-0.05, 0) is 50.5 Å². The molecule has 0 aromatic heterocycles. The molecule has 0 unspecified atom stereocenters. The topological polar surface area (TPSA) is 32.3 Å². The largest absolute Gasteiger partial charge is 0.392 e. The molecule has 2 fully saturated rings. The lowest BCUT2D eigenvalue weighted by molar-refractivity contribution is 0.103. The maximum Gasteiger partial charge on any atom is 0.0693 e. The number of aliphatic hydroxyl groups excluding tert-OH is 1. The maximum atomic E-state index is 9.88. The van der Waals surface area contributed by atoms with Crippen LogP contribution in [0.15, 0.2) is 0 Å². The Labute approximate surface area is 80.7 Å². The maximum absolute atomic E-state index is 9.88. The van der Waals surface area contributed by atoms with Crippen LogP contribution in [0.25, 0.3) is 0 Å². The molecule has 0 bridgehead atoms. The molecule has 0 aromatic carbocycles. The summed E-state index contributed by atoms with van der Waals surface area (Å²) >= 11 is 0. The molecule has 0 spiro atoms. The molecule has 2 heteroatoms. The van der Waals surface area contributed by atoms with Gasteiger partial charge < -0.3 is 10.4 Å². The van der Waals surface area contributed by atoms with Crippen LogP contribution in [0.4, 0.5) is 0 Å². The van der Waals surface area contributed by atoms with E-state index >= 15 is 0 Å². The lowest BCUT2D eigenvalue weighted by Gasteiger charge is -2.25. The van der Waals surface area contributed by atoms with Crippen LogP contribution < -0.4 is 5.32 Å². The quantitative estimate of drug-likeness (QED) is 0.680. The first-order chi connectivity index (χ1) is 6.31. The SMILES string of the molecule is CCN[C@@H]1CC[C@@H]2C[C@H]2CC[C@H]1O. The predicted octanol–water partition coefficient (Wildman–Crippen LogP) is 1.54. The van der Waals surface area contributed by atoms with Gasteiger partial charge in [-0.15, -0.1) is 0 Å². The molecule has 4 atom stereocenters. The van der Waals surface area contributed by atoms with Gasteiger partial charge in [0.15, 0.2) is 0 Å². The first kappa shape index (κ1) is 9.47. The highest BCUT2D eigenvalue weighted by atomic mass is 16.3. The molecular weight excluding hydrogens is 162 g/mol. The highest BCUT2D eigenvalue weighted by Crippen LogP contribution is 2.47. The third kappa shape index (κ3) is 2.23. The van der Waals surface area contributed by atoms with Crippen molar-refractivity contribution in [2.75, 3.05) is 6.54 Å². The Balaban J connectivity index is 1.85. The van der Waals surface area contributed by atoms with Gasteiger partial charge in [-0.1, -0.05) is 6.92 Å². The van der Waals surface area contributed by atoms with Crippen LogP contribution in [0.2, 0.25) is 0 Å². The van der Waals surface area contributed by atoms with Crippen molar-refractivity contribution in [3.8, 4) is 0 Å². The molecule has 0 amide bonds. The van der Waals surface area contributed by atoms with E-state index in [1.807, 2.05) is 0 Å². The van der Waals surface area contributed by atoms with Gasteiger partial charge in [0.2, 0.25) is 0 Å². The van der Waals surface area contributed by atoms with Crippen LogP contribution in [0, 0.1) is 11.8 Å². The van der Waals surface area contributed by atoms with Crippen molar-refractivity contribution >= 4 is 0 Å². The highest BCUT2D eigenvalue weighted by molar-refractivity contribution is 4.91. The van der Waals surface area contributed by atoms with Crippen molar-refractivity contribution in [2.45, 2.75) is 51.2 Å². The molecule has 0 aromatic rings. The van der Waals surface area contributed by atoms with Gasteiger partial charge in [-0.2, -0.15) is 0 Å². The van der Waals surface area contributed by atoms with E-state index in [2.05, 4.69) is 12.2 Å². The summed E-state index contributed by atoms with van der Waals surface area (Å²) in [5.41, 5.74) is 0. The summed E-state index contributed by atoms with van der Waals surface area (Å²) in [6, 6.07) is 0.367. The predicted molar refractivity (Wildman–Crippen MR) is 53.5 cm³/mol. The Bertz CT molecular complexity index is 171. The molecule has 2 nitrogen and oxygen atoms in total. The van der Waals surface area contributed by atoms with Gasteiger partial charge in [-0.3, -0.25) is 0 Å². The minimum absolute atomic E-state index is 0.0958. The molecule has 13 heavy (non-hydrogen) atoms. The Hall–Kier alpha value is -0.0800. The summed E-state index contributed by atoms with van der Waals surface area (Å²) in [5.74, 6) is 1.98. The van der Waals surface area contributed by atoms with Crippen LogP contribution in [0.1, 0.15) is 39.0 Å². The molecule has 76 valence electrons. The normalized spacial score (nSPS) is 44.8. The lowest BCUT2D eigenvalue weighted by atomic mass is 9.94. The van der Waals surface area contributed by atoms with Gasteiger partial charge >= 0.3 is 0 Å². The molecule has 0 heterocycles. The number of likely N-dealkylation sites (N-methyl/N-ethyl adjacent to an activating group) is 1. The molecular formula is C11H21NO. The Kier molecular flexibility index (Phi) is 2.89. The van der Waals surface area contributed by atoms with Crippen LogP contribution in [0.3, 0.4) is 0 Å². The van der Waals surface area contributed by atoms with Gasteiger partial charge in [0, 0.05) is 6.04 Å². The van der Waals surface area contributed by atoms with E-state index in [1.165, 1.54) is 25.7 Å². The van der Waals surface area contributed by atoms with Crippen LogP contribution in [0.5, 0.6) is 0 Å². The second-order valence-corrected chi connectivity index (χ2v) is 4.64. The van der Waals surface area contributed by atoms with Gasteiger partial charge in [-0.25, -0.2) is 0 Å². The minimum atomic E-state index is -0.0958. The third-order valence-corrected chi connectivity index (χ3v) is 3.68. The first-order valence-corrected chi connectivity index (χ1v) is 5.72. The Morgan fingerprint density at radius 3 is 2.54 bits per heavy atom. The number of nitrogens with one attached hydrogen (secondary N) is 1. The van der Waals surface area contributed by atoms with Crippen molar-refractivity contribution in [1.82, 2.24) is 5.32 Å². The van der Waals surface area contributed by atoms with E-state index in [0.29, 0.717) is 6.04 Å². The zero-order valence-corrected chi connectivity index (χ0v) is 8.50. The van der Waals surface area contributed by atoms with Crippen molar-refractivity contribution in [3.05, 3.63) is 0 Å². The molecule has 2 saturated carbocycles. The first-order valence-electron chi connectivity index (χ1n) is 5.72. The van der Waals surface area contributed by atoms with E-state index in [0.717, 1.165) is 24.8 Å². The number of hydrogen-bond donors (Lipinski definition) is 2. The average Bonchev–Trinajstić information content (AvgIpc) is 2.84. The molecule has 2 N–H and O–H groups in total. The smallest absolute Gasteiger partial charge is 0.0693 e. The van der Waals surface area contributed by atoms with Crippen LogP contribution in [-0.2, 0) is 0 Å². The van der Waals surface area contributed by atoms with E-state index in [4.69, 9.17) is 0 Å². The van der Waals surface area contributed by atoms with Crippen molar-refractivity contribution in [1.29, 1.82) is 0 Å². The molecule has 0 saturated heterocycles. The Morgan fingerprint density at radius 1 is 1.15 bits per heavy atom. The average molecular weight is 183 g/mol. The van der Waals surface area contributed by atoms with Crippen LogP contribution >= 0.6 is 0 Å². The fraction of sp³-hybridized carbons (Fsp3) is 1.00. The minimum Gasteiger partial charge on any atom is -0.392 e. The summed E-state index contributed by atoms with van der Waals surface area (Å²) in [7, 11) is 0. The summed E-state index contributed by atoms with van der Waals surface area (Å²) in [5, 5.41) is 13.3. The molecule has 0 radical (unpaired) electrons. The van der Waals surface area contributed by atoms with Crippen molar-refractivity contribution in [3.63, 3.8) is 0 Å². The molecule has 2 aliphatic rings. The summed E-state index contributed by atoms with van der Waals surface area (Å²) in [6.45, 7) is 3.10. The zero-order chi connectivity index (χ0) is 9.26. The van der Waals surface area contributed by atoms with Crippen molar-refractivity contribution < 1.29 is 5.11 Å². The Morgan fingerprint density at radius 2 is 1.85 bits per heavy atom. The van der Waals surface area contributed by atoms with Crippen LogP contribution in [-0.4, -0.2) is 23.8 Å². The number of aliphatic hydroxyl groups is 1. The highest BCUT2D eigenvalue weighted by Gasteiger charge is 2.39. The number of rotatable bonds is 2. The second kappa shape index (κ2) is 3.97. The van der Waals surface area contributed by atoms with Gasteiger partial charge in [0.1, 0.15) is 0 Å². The van der Waals surface area contributed by atoms with Gasteiger partial charge in [0.05, 0.1) is 6.10 Å². The number of hydrogen-bond acceptors (Lipinski definition) is 2. The van der Waals surface area contributed by atoms with E-state index < -0.39 is 0 Å². The molecule has 2 aliphatic carbocycles. The van der Waals surface area contributed by atoms with Crippen molar-refractivity contribution in [2.24, 2.45) is 11.8 Å². The second-order valence-electron chi connectivity index (χ2n) is 4.64. The number of fused-ring (bicyclic) bond motifs is 1. The molecule has 2 rings (SSSR count). The zero-order valence-electron chi connectivity index (χ0n) is 8.50. The van der Waals surface area contributed by atoms with E-state index in [-0.39, 0.29) is 6.10 Å². The summed E-state index contributed by atoms with van der Waals surface area (Å²) < 4.78 is 0. The van der Waals surface area contributed by atoms with E-state index in [9.17, 15) is 5.11 Å². The fourth-order valence-corrected chi connectivity index (χ4v) is 2.69. The standard InChI is InChI=1S/C11H21NO/c1-2-12-10-5-3-8-7-9(8)4-6-11(10)13/h8-13H,2-7H2,1H3/t8-,9-,10-,11-/m1/s1. The fourth-order valence-electron chi connectivity index (χ4n) is 2.69. The molecule has 0 aliphatic heterocycles.